The number of aromatic hydroxyl groups is 1. The Morgan fingerprint density at radius 2 is 2.15 bits per heavy atom. The molecule has 0 amide bonds. The Kier molecular flexibility index (Phi) is 6.88. The number of rotatable bonds is 7. The molecule has 0 bridgehead atoms. The summed E-state index contributed by atoms with van der Waals surface area (Å²) in [7, 11) is 0. The van der Waals surface area contributed by atoms with Crippen LogP contribution in [0.1, 0.15) is 31.7 Å². The Bertz CT molecular complexity index is 718. The molecule has 1 fully saturated rings. The van der Waals surface area contributed by atoms with Crippen LogP contribution in [0.3, 0.4) is 0 Å². The second-order valence-electron chi connectivity index (χ2n) is 7.70. The fourth-order valence-electron chi connectivity index (χ4n) is 3.84. The molecule has 3 rings (SSSR count). The highest BCUT2D eigenvalue weighted by Gasteiger charge is 2.16. The van der Waals surface area contributed by atoms with Gasteiger partial charge >= 0.3 is 0 Å². The average molecular weight is 366 g/mol. The van der Waals surface area contributed by atoms with Gasteiger partial charge in [-0.1, -0.05) is 31.2 Å². The van der Waals surface area contributed by atoms with Gasteiger partial charge in [0.05, 0.1) is 6.54 Å². The molecule has 0 saturated carbocycles. The first kappa shape index (κ1) is 19.4. The molecule has 27 heavy (non-hydrogen) atoms. The summed E-state index contributed by atoms with van der Waals surface area (Å²) in [5, 5.41) is 9.49. The molecular formula is C23H31N3O. The third-order valence-electron chi connectivity index (χ3n) is 5.27. The smallest absolute Gasteiger partial charge is 0.115 e. The Balaban J connectivity index is 1.66. The van der Waals surface area contributed by atoms with Crippen molar-refractivity contribution in [2.24, 2.45) is 10.9 Å². The summed E-state index contributed by atoms with van der Waals surface area (Å²) in [6.07, 6.45) is 12.4. The molecule has 1 aromatic rings. The maximum atomic E-state index is 9.49. The second kappa shape index (κ2) is 9.56. The van der Waals surface area contributed by atoms with Crippen molar-refractivity contribution in [3.63, 3.8) is 0 Å². The monoisotopic (exact) mass is 365 g/mol. The molecule has 1 aromatic carbocycles. The van der Waals surface area contributed by atoms with E-state index in [2.05, 4.69) is 53.0 Å². The number of benzene rings is 1. The van der Waals surface area contributed by atoms with E-state index < -0.39 is 0 Å². The van der Waals surface area contributed by atoms with Crippen molar-refractivity contribution in [2.75, 3.05) is 32.7 Å². The lowest BCUT2D eigenvalue weighted by atomic mass is 10.00. The predicted octanol–water partition coefficient (Wildman–Crippen LogP) is 4.31. The first-order valence-corrected chi connectivity index (χ1v) is 9.92. The fourth-order valence-corrected chi connectivity index (χ4v) is 3.84. The lowest BCUT2D eigenvalue weighted by Crippen LogP contribution is -2.35. The van der Waals surface area contributed by atoms with E-state index in [9.17, 15) is 5.11 Å². The minimum absolute atomic E-state index is 0.294. The van der Waals surface area contributed by atoms with Crippen molar-refractivity contribution in [3.8, 4) is 5.75 Å². The maximum Gasteiger partial charge on any atom is 0.115 e. The Hall–Kier alpha value is -2.33. The number of nitrogens with zero attached hydrogens (tertiary/aromatic N) is 3. The number of phenolic OH excluding ortho intramolecular Hbond substituents is 1. The first-order valence-electron chi connectivity index (χ1n) is 9.92. The third-order valence-corrected chi connectivity index (χ3v) is 5.27. The molecule has 2 aliphatic rings. The number of aliphatic imine (C=N–C) groups is 1. The molecule has 1 saturated heterocycles. The summed E-state index contributed by atoms with van der Waals surface area (Å²) in [6, 6.07) is 7.35. The zero-order valence-corrected chi connectivity index (χ0v) is 16.3. The van der Waals surface area contributed by atoms with Gasteiger partial charge in [-0.25, -0.2) is 0 Å². The maximum absolute atomic E-state index is 9.49. The van der Waals surface area contributed by atoms with E-state index >= 15 is 0 Å². The van der Waals surface area contributed by atoms with Gasteiger partial charge in [-0.15, -0.1) is 0 Å². The summed E-state index contributed by atoms with van der Waals surface area (Å²) >= 11 is 0. The van der Waals surface area contributed by atoms with Crippen LogP contribution in [0.25, 0.3) is 5.57 Å². The normalized spacial score (nSPS) is 21.2. The van der Waals surface area contributed by atoms with E-state index in [0.717, 1.165) is 36.6 Å². The molecule has 2 heterocycles. The van der Waals surface area contributed by atoms with Crippen molar-refractivity contribution in [3.05, 3.63) is 60.0 Å². The SMILES string of the molecule is C=NC/C(=C\N1C=C(c2ccc(O)cc2)C=CC1)CCN1CCC[C@@H](C)C1. The zero-order valence-electron chi connectivity index (χ0n) is 16.3. The molecule has 0 aromatic heterocycles. The van der Waals surface area contributed by atoms with Crippen LogP contribution in [0.2, 0.25) is 0 Å². The molecule has 4 nitrogen and oxygen atoms in total. The van der Waals surface area contributed by atoms with Crippen molar-refractivity contribution in [1.82, 2.24) is 9.80 Å². The van der Waals surface area contributed by atoms with E-state index in [1.165, 1.54) is 31.5 Å². The Morgan fingerprint density at radius 3 is 2.89 bits per heavy atom. The largest absolute Gasteiger partial charge is 0.508 e. The molecule has 4 heteroatoms. The Morgan fingerprint density at radius 1 is 1.33 bits per heavy atom. The highest BCUT2D eigenvalue weighted by molar-refractivity contribution is 5.75. The molecule has 1 atom stereocenters. The number of allylic oxidation sites excluding steroid dienone is 2. The van der Waals surface area contributed by atoms with E-state index in [1.807, 2.05) is 12.1 Å². The number of hydrogen-bond donors (Lipinski definition) is 1. The number of hydrogen-bond acceptors (Lipinski definition) is 4. The van der Waals surface area contributed by atoms with Gasteiger partial charge in [-0.2, -0.15) is 0 Å². The van der Waals surface area contributed by atoms with E-state index in [-0.39, 0.29) is 0 Å². The summed E-state index contributed by atoms with van der Waals surface area (Å²) in [5.74, 6) is 1.11. The van der Waals surface area contributed by atoms with Crippen molar-refractivity contribution in [1.29, 1.82) is 0 Å². The van der Waals surface area contributed by atoms with Gasteiger partial charge in [0, 0.05) is 32.0 Å². The molecule has 0 radical (unpaired) electrons. The lowest BCUT2D eigenvalue weighted by molar-refractivity contribution is 0.185. The van der Waals surface area contributed by atoms with Crippen LogP contribution in [0.4, 0.5) is 0 Å². The van der Waals surface area contributed by atoms with Crippen LogP contribution in [-0.2, 0) is 0 Å². The van der Waals surface area contributed by atoms with Crippen LogP contribution in [0.15, 0.2) is 59.4 Å². The van der Waals surface area contributed by atoms with E-state index in [1.54, 1.807) is 12.1 Å². The number of likely N-dealkylation sites (tertiary alicyclic amines) is 1. The van der Waals surface area contributed by atoms with Gasteiger partial charge in [0.25, 0.3) is 0 Å². The first-order chi connectivity index (χ1) is 13.1. The van der Waals surface area contributed by atoms with E-state index in [0.29, 0.717) is 12.3 Å². The van der Waals surface area contributed by atoms with Crippen LogP contribution in [-0.4, -0.2) is 54.3 Å². The second-order valence-corrected chi connectivity index (χ2v) is 7.70. The van der Waals surface area contributed by atoms with Crippen LogP contribution in [0, 0.1) is 5.92 Å². The summed E-state index contributed by atoms with van der Waals surface area (Å²) in [6.45, 7) is 11.1. The molecule has 144 valence electrons. The van der Waals surface area contributed by atoms with Gasteiger partial charge in [0.2, 0.25) is 0 Å². The number of phenols is 1. The van der Waals surface area contributed by atoms with Gasteiger partial charge < -0.3 is 14.9 Å². The average Bonchev–Trinajstić information content (AvgIpc) is 2.67. The lowest BCUT2D eigenvalue weighted by Gasteiger charge is -2.31. The highest BCUT2D eigenvalue weighted by atomic mass is 16.3. The molecule has 1 N–H and O–H groups in total. The van der Waals surface area contributed by atoms with Gasteiger partial charge in [-0.3, -0.25) is 4.99 Å². The summed E-state index contributed by atoms with van der Waals surface area (Å²) in [4.78, 5) is 8.94. The van der Waals surface area contributed by atoms with Gasteiger partial charge in [0.15, 0.2) is 0 Å². The van der Waals surface area contributed by atoms with Gasteiger partial charge in [0.1, 0.15) is 5.75 Å². The molecule has 2 aliphatic heterocycles. The van der Waals surface area contributed by atoms with E-state index in [4.69, 9.17) is 0 Å². The van der Waals surface area contributed by atoms with Crippen LogP contribution in [0.5, 0.6) is 5.75 Å². The standard InChI is InChI=1S/C23H31N3O/c1-19-5-3-12-25(16-19)14-11-20(15-24-2)17-26-13-4-6-22(18-26)21-7-9-23(27)10-8-21/h4,6-10,17-19,27H,2-3,5,11-16H2,1H3/b20-17-/t19-/m1/s1. The summed E-state index contributed by atoms with van der Waals surface area (Å²) in [5.41, 5.74) is 3.57. The summed E-state index contributed by atoms with van der Waals surface area (Å²) < 4.78 is 0. The molecule has 0 aliphatic carbocycles. The van der Waals surface area contributed by atoms with Crippen molar-refractivity contribution in [2.45, 2.75) is 26.2 Å². The molecule has 0 unspecified atom stereocenters. The predicted molar refractivity (Wildman–Crippen MR) is 114 cm³/mol. The van der Waals surface area contributed by atoms with Crippen molar-refractivity contribution < 1.29 is 5.11 Å². The third kappa shape index (κ3) is 5.83. The minimum atomic E-state index is 0.294. The quantitative estimate of drug-likeness (QED) is 0.732. The van der Waals surface area contributed by atoms with Gasteiger partial charge in [-0.05, 0) is 67.3 Å². The molecule has 0 spiro atoms. The van der Waals surface area contributed by atoms with Crippen LogP contribution < -0.4 is 0 Å². The fraction of sp³-hybridized carbons (Fsp3) is 0.435. The van der Waals surface area contributed by atoms with Crippen molar-refractivity contribution >= 4 is 12.3 Å². The van der Waals surface area contributed by atoms with Crippen LogP contribution >= 0.6 is 0 Å². The zero-order chi connectivity index (χ0) is 19.1. The Labute approximate surface area is 163 Å². The number of piperidine rings is 1. The minimum Gasteiger partial charge on any atom is -0.508 e. The highest BCUT2D eigenvalue weighted by Crippen LogP contribution is 2.23. The molecular weight excluding hydrogens is 334 g/mol. The topological polar surface area (TPSA) is 39.1 Å².